The third-order valence-corrected chi connectivity index (χ3v) is 4.74. The highest BCUT2D eigenvalue weighted by Gasteiger charge is 2.29. The summed E-state index contributed by atoms with van der Waals surface area (Å²) in [6, 6.07) is 5.93. The number of amides is 3. The minimum Gasteiger partial charge on any atom is -0.345 e. The molecule has 0 unspecified atom stereocenters. The van der Waals surface area contributed by atoms with Crippen LogP contribution in [-0.2, 0) is 4.79 Å². The highest BCUT2D eigenvalue weighted by molar-refractivity contribution is 6.41. The second-order valence-corrected chi connectivity index (χ2v) is 7.48. The minimum absolute atomic E-state index is 0.0426. The number of hydrogen-bond donors (Lipinski definition) is 2. The molecular weight excluding hydrogens is 403 g/mol. The molecular formula is C19H18Cl2N4O3. The summed E-state index contributed by atoms with van der Waals surface area (Å²) in [6.07, 6.45) is 3.23. The van der Waals surface area contributed by atoms with E-state index in [2.05, 4.69) is 15.6 Å². The number of hydrogen-bond acceptors (Lipinski definition) is 4. The van der Waals surface area contributed by atoms with E-state index in [0.717, 1.165) is 12.8 Å². The normalized spacial score (nSPS) is 13.0. The number of benzene rings is 1. The van der Waals surface area contributed by atoms with E-state index < -0.39 is 5.91 Å². The summed E-state index contributed by atoms with van der Waals surface area (Å²) in [4.78, 5) is 42.0. The highest BCUT2D eigenvalue weighted by atomic mass is 35.5. The largest absolute Gasteiger partial charge is 0.345 e. The average Bonchev–Trinajstić information content (AvgIpc) is 3.45. The molecule has 1 heterocycles. The molecule has 2 N–H and O–H groups in total. The van der Waals surface area contributed by atoms with E-state index in [1.807, 2.05) is 0 Å². The number of carbonyl (C=O) groups is 3. The molecule has 3 rings (SSSR count). The molecule has 1 aromatic carbocycles. The standard InChI is InChI=1S/C19H18Cl2N4O3/c1-25(2)19(28)11-7-13(20)16(14(21)8-11)18(27)23-12-5-6-22-15(9-12)24-17(26)10-3-4-10/h5-10H,3-4H2,1-2H3,(H2,22,23,24,26,27). The van der Waals surface area contributed by atoms with Crippen LogP contribution in [0.4, 0.5) is 11.5 Å². The van der Waals surface area contributed by atoms with E-state index >= 15 is 0 Å². The minimum atomic E-state index is -0.537. The first-order valence-electron chi connectivity index (χ1n) is 8.55. The third-order valence-electron chi connectivity index (χ3n) is 4.14. The predicted molar refractivity (Wildman–Crippen MR) is 108 cm³/mol. The van der Waals surface area contributed by atoms with E-state index in [1.165, 1.54) is 23.2 Å². The highest BCUT2D eigenvalue weighted by Crippen LogP contribution is 2.30. The van der Waals surface area contributed by atoms with E-state index in [-0.39, 0.29) is 38.9 Å². The van der Waals surface area contributed by atoms with E-state index in [9.17, 15) is 14.4 Å². The number of nitrogens with one attached hydrogen (secondary N) is 2. The molecule has 1 aromatic heterocycles. The van der Waals surface area contributed by atoms with Gasteiger partial charge in [-0.3, -0.25) is 14.4 Å². The van der Waals surface area contributed by atoms with Crippen molar-refractivity contribution < 1.29 is 14.4 Å². The Kier molecular flexibility index (Phi) is 5.86. The van der Waals surface area contributed by atoms with Crippen LogP contribution in [0.3, 0.4) is 0 Å². The Morgan fingerprint density at radius 2 is 1.71 bits per heavy atom. The van der Waals surface area contributed by atoms with Crippen molar-refractivity contribution in [1.29, 1.82) is 0 Å². The van der Waals surface area contributed by atoms with Crippen LogP contribution in [0.2, 0.25) is 10.0 Å². The van der Waals surface area contributed by atoms with Crippen molar-refractivity contribution in [2.75, 3.05) is 24.7 Å². The molecule has 1 aliphatic rings. The zero-order chi connectivity index (χ0) is 20.4. The molecule has 0 spiro atoms. The Morgan fingerprint density at radius 1 is 1.07 bits per heavy atom. The molecule has 7 nitrogen and oxygen atoms in total. The van der Waals surface area contributed by atoms with Gasteiger partial charge in [-0.2, -0.15) is 0 Å². The molecule has 146 valence electrons. The van der Waals surface area contributed by atoms with Gasteiger partial charge in [0.1, 0.15) is 5.82 Å². The number of rotatable bonds is 5. The van der Waals surface area contributed by atoms with Gasteiger partial charge in [0.25, 0.3) is 11.8 Å². The van der Waals surface area contributed by atoms with Crippen molar-refractivity contribution in [3.05, 3.63) is 51.6 Å². The molecule has 0 atom stereocenters. The number of anilines is 2. The van der Waals surface area contributed by atoms with E-state index in [1.54, 1.807) is 26.2 Å². The van der Waals surface area contributed by atoms with Crippen molar-refractivity contribution in [2.45, 2.75) is 12.8 Å². The van der Waals surface area contributed by atoms with Crippen LogP contribution in [0.1, 0.15) is 33.6 Å². The maximum atomic E-state index is 12.6. The zero-order valence-corrected chi connectivity index (χ0v) is 16.8. The van der Waals surface area contributed by atoms with Crippen LogP contribution in [0.5, 0.6) is 0 Å². The number of carbonyl (C=O) groups excluding carboxylic acids is 3. The van der Waals surface area contributed by atoms with Gasteiger partial charge in [0, 0.05) is 43.5 Å². The van der Waals surface area contributed by atoms with Crippen molar-refractivity contribution >= 4 is 52.4 Å². The summed E-state index contributed by atoms with van der Waals surface area (Å²) in [5.74, 6) is -0.506. The maximum absolute atomic E-state index is 12.6. The molecule has 3 amide bonds. The van der Waals surface area contributed by atoms with Crippen LogP contribution in [0.15, 0.2) is 30.5 Å². The fraction of sp³-hybridized carbons (Fsp3) is 0.263. The van der Waals surface area contributed by atoms with Gasteiger partial charge < -0.3 is 15.5 Å². The quantitative estimate of drug-likeness (QED) is 0.771. The van der Waals surface area contributed by atoms with Gasteiger partial charge in [0.15, 0.2) is 0 Å². The van der Waals surface area contributed by atoms with Gasteiger partial charge in [-0.25, -0.2) is 4.98 Å². The average molecular weight is 421 g/mol. The number of halogens is 2. The summed E-state index contributed by atoms with van der Waals surface area (Å²) in [5, 5.41) is 5.51. The van der Waals surface area contributed by atoms with Crippen molar-refractivity contribution in [1.82, 2.24) is 9.88 Å². The van der Waals surface area contributed by atoms with Crippen molar-refractivity contribution in [3.8, 4) is 0 Å². The lowest BCUT2D eigenvalue weighted by Crippen LogP contribution is -2.22. The van der Waals surface area contributed by atoms with Gasteiger partial charge in [0.05, 0.1) is 15.6 Å². The first-order chi connectivity index (χ1) is 13.3. The number of aromatic nitrogens is 1. The molecule has 1 aliphatic carbocycles. The fourth-order valence-electron chi connectivity index (χ4n) is 2.52. The lowest BCUT2D eigenvalue weighted by Gasteiger charge is -2.14. The van der Waals surface area contributed by atoms with Gasteiger partial charge in [-0.15, -0.1) is 0 Å². The predicted octanol–water partition coefficient (Wildman–Crippen LogP) is 3.69. The Labute approximate surface area is 172 Å². The molecule has 0 bridgehead atoms. The topological polar surface area (TPSA) is 91.4 Å². The molecule has 0 radical (unpaired) electrons. The molecule has 2 aromatic rings. The van der Waals surface area contributed by atoms with Gasteiger partial charge in [-0.05, 0) is 31.0 Å². The fourth-order valence-corrected chi connectivity index (χ4v) is 3.17. The van der Waals surface area contributed by atoms with Crippen LogP contribution >= 0.6 is 23.2 Å². The van der Waals surface area contributed by atoms with Crippen LogP contribution < -0.4 is 10.6 Å². The van der Waals surface area contributed by atoms with Gasteiger partial charge in [-0.1, -0.05) is 23.2 Å². The SMILES string of the molecule is CN(C)C(=O)c1cc(Cl)c(C(=O)Nc2ccnc(NC(=O)C3CC3)c2)c(Cl)c1. The van der Waals surface area contributed by atoms with E-state index in [4.69, 9.17) is 23.2 Å². The van der Waals surface area contributed by atoms with Crippen LogP contribution in [0, 0.1) is 5.92 Å². The van der Waals surface area contributed by atoms with Crippen molar-refractivity contribution in [3.63, 3.8) is 0 Å². The summed E-state index contributed by atoms with van der Waals surface area (Å²) in [6.45, 7) is 0. The smallest absolute Gasteiger partial charge is 0.258 e. The van der Waals surface area contributed by atoms with Crippen LogP contribution in [0.25, 0.3) is 0 Å². The summed E-state index contributed by atoms with van der Waals surface area (Å²) < 4.78 is 0. The first kappa shape index (κ1) is 20.1. The maximum Gasteiger partial charge on any atom is 0.258 e. The van der Waals surface area contributed by atoms with Crippen molar-refractivity contribution in [2.24, 2.45) is 5.92 Å². The zero-order valence-electron chi connectivity index (χ0n) is 15.3. The van der Waals surface area contributed by atoms with Gasteiger partial charge in [0.2, 0.25) is 5.91 Å². The van der Waals surface area contributed by atoms with E-state index in [0.29, 0.717) is 11.5 Å². The second-order valence-electron chi connectivity index (χ2n) is 6.66. The Morgan fingerprint density at radius 3 is 2.29 bits per heavy atom. The molecule has 0 saturated heterocycles. The Bertz CT molecular complexity index is 935. The Hall–Kier alpha value is -2.64. The summed E-state index contributed by atoms with van der Waals surface area (Å²) in [7, 11) is 3.21. The molecule has 1 saturated carbocycles. The number of pyridine rings is 1. The molecule has 1 fully saturated rings. The molecule has 28 heavy (non-hydrogen) atoms. The lowest BCUT2D eigenvalue weighted by molar-refractivity contribution is -0.117. The van der Waals surface area contributed by atoms with Crippen LogP contribution in [-0.4, -0.2) is 41.7 Å². The summed E-state index contributed by atoms with van der Waals surface area (Å²) in [5.41, 5.74) is 0.760. The number of nitrogens with zero attached hydrogens (tertiary/aromatic N) is 2. The lowest BCUT2D eigenvalue weighted by atomic mass is 10.1. The molecule has 9 heteroatoms. The monoisotopic (exact) mass is 420 g/mol. The molecule has 0 aliphatic heterocycles. The first-order valence-corrected chi connectivity index (χ1v) is 9.31. The second kappa shape index (κ2) is 8.16. The Balaban J connectivity index is 1.77. The third kappa shape index (κ3) is 4.61. The van der Waals surface area contributed by atoms with Gasteiger partial charge >= 0.3 is 0 Å². The summed E-state index contributed by atoms with van der Waals surface area (Å²) >= 11 is 12.4.